The van der Waals surface area contributed by atoms with Gasteiger partial charge in [-0.3, -0.25) is 9.59 Å². The van der Waals surface area contributed by atoms with Crippen LogP contribution in [0, 0.1) is 5.92 Å². The van der Waals surface area contributed by atoms with Crippen molar-refractivity contribution in [2.75, 3.05) is 13.1 Å². The van der Waals surface area contributed by atoms with E-state index in [1.807, 2.05) is 30.3 Å². The van der Waals surface area contributed by atoms with Gasteiger partial charge < -0.3 is 20.9 Å². The van der Waals surface area contributed by atoms with Crippen molar-refractivity contribution in [2.45, 2.75) is 18.9 Å². The molecule has 1 unspecified atom stereocenters. The molecule has 3 rings (SSSR count). The summed E-state index contributed by atoms with van der Waals surface area (Å²) in [7, 11) is 0. The zero-order valence-electron chi connectivity index (χ0n) is 13.2. The molecule has 0 aliphatic heterocycles. The Morgan fingerprint density at radius 1 is 1.25 bits per heavy atom. The zero-order valence-corrected chi connectivity index (χ0v) is 13.2. The molecule has 1 saturated carbocycles. The van der Waals surface area contributed by atoms with Crippen molar-refractivity contribution in [2.24, 2.45) is 11.7 Å². The summed E-state index contributed by atoms with van der Waals surface area (Å²) >= 11 is 0. The van der Waals surface area contributed by atoms with Crippen LogP contribution in [0.1, 0.15) is 23.3 Å². The highest BCUT2D eigenvalue weighted by atomic mass is 16.5. The summed E-state index contributed by atoms with van der Waals surface area (Å²) in [5.41, 5.74) is 6.87. The zero-order chi connectivity index (χ0) is 16.9. The molecule has 0 spiro atoms. The number of benzene rings is 1. The number of hydrogen-bond donors (Lipinski definition) is 3. The van der Waals surface area contributed by atoms with Gasteiger partial charge >= 0.3 is 0 Å². The third kappa shape index (κ3) is 4.20. The lowest BCUT2D eigenvalue weighted by molar-refractivity contribution is -0.120. The number of aromatic nitrogens is 1. The Hall–Kier alpha value is -2.67. The third-order valence-corrected chi connectivity index (χ3v) is 3.97. The van der Waals surface area contributed by atoms with Crippen LogP contribution in [0.15, 0.2) is 40.9 Å². The van der Waals surface area contributed by atoms with E-state index in [2.05, 4.69) is 15.8 Å². The van der Waals surface area contributed by atoms with E-state index in [4.69, 9.17) is 10.3 Å². The van der Waals surface area contributed by atoms with E-state index in [0.29, 0.717) is 18.2 Å². The Morgan fingerprint density at radius 2 is 2.00 bits per heavy atom. The molecule has 1 aromatic heterocycles. The molecule has 1 fully saturated rings. The van der Waals surface area contributed by atoms with Crippen molar-refractivity contribution in [1.82, 2.24) is 15.8 Å². The SMILES string of the molecule is NC(CNC(=O)CNC(=O)c1cc(-c2ccccc2)on1)C1CC1. The monoisotopic (exact) mass is 328 g/mol. The molecule has 0 radical (unpaired) electrons. The van der Waals surface area contributed by atoms with Crippen molar-refractivity contribution in [3.05, 3.63) is 42.1 Å². The maximum Gasteiger partial charge on any atom is 0.273 e. The van der Waals surface area contributed by atoms with Crippen molar-refractivity contribution in [3.8, 4) is 11.3 Å². The molecule has 2 amide bonds. The fraction of sp³-hybridized carbons (Fsp3) is 0.353. The predicted octanol–water partition coefficient (Wildman–Crippen LogP) is 0.925. The summed E-state index contributed by atoms with van der Waals surface area (Å²) in [6.07, 6.45) is 2.26. The van der Waals surface area contributed by atoms with Gasteiger partial charge in [0.05, 0.1) is 6.54 Å². The molecular formula is C17H20N4O3. The first-order chi connectivity index (χ1) is 11.6. The number of carbonyl (C=O) groups is 2. The van der Waals surface area contributed by atoms with Crippen LogP contribution >= 0.6 is 0 Å². The number of nitrogens with two attached hydrogens (primary N) is 1. The highest BCUT2D eigenvalue weighted by Gasteiger charge is 2.28. The van der Waals surface area contributed by atoms with E-state index in [9.17, 15) is 9.59 Å². The molecule has 1 heterocycles. The molecule has 4 N–H and O–H groups in total. The average Bonchev–Trinajstić information content (AvgIpc) is 3.35. The summed E-state index contributed by atoms with van der Waals surface area (Å²) < 4.78 is 5.16. The van der Waals surface area contributed by atoms with E-state index >= 15 is 0 Å². The van der Waals surface area contributed by atoms with E-state index in [-0.39, 0.29) is 24.2 Å². The van der Waals surface area contributed by atoms with Crippen molar-refractivity contribution in [3.63, 3.8) is 0 Å². The van der Waals surface area contributed by atoms with Crippen LogP contribution in [0.4, 0.5) is 0 Å². The minimum absolute atomic E-state index is 0.00591. The lowest BCUT2D eigenvalue weighted by Gasteiger charge is -2.11. The number of nitrogens with one attached hydrogen (secondary N) is 2. The van der Waals surface area contributed by atoms with Crippen LogP contribution in [0.25, 0.3) is 11.3 Å². The Labute approximate surface area is 139 Å². The highest BCUT2D eigenvalue weighted by molar-refractivity contribution is 5.95. The quantitative estimate of drug-likeness (QED) is 0.700. The van der Waals surface area contributed by atoms with Crippen molar-refractivity contribution in [1.29, 1.82) is 0 Å². The normalized spacial score (nSPS) is 14.9. The lowest BCUT2D eigenvalue weighted by Crippen LogP contribution is -2.43. The number of carbonyl (C=O) groups excluding carboxylic acids is 2. The summed E-state index contributed by atoms with van der Waals surface area (Å²) in [6, 6.07) is 10.9. The largest absolute Gasteiger partial charge is 0.355 e. The second kappa shape index (κ2) is 7.27. The highest BCUT2D eigenvalue weighted by Crippen LogP contribution is 2.31. The second-order valence-electron chi connectivity index (χ2n) is 5.93. The first-order valence-electron chi connectivity index (χ1n) is 7.96. The summed E-state index contributed by atoms with van der Waals surface area (Å²) in [5, 5.41) is 8.97. The smallest absolute Gasteiger partial charge is 0.273 e. The first kappa shape index (κ1) is 16.2. The Kier molecular flexibility index (Phi) is 4.90. The van der Waals surface area contributed by atoms with E-state index in [1.54, 1.807) is 6.07 Å². The van der Waals surface area contributed by atoms with Gasteiger partial charge in [-0.05, 0) is 18.8 Å². The van der Waals surface area contributed by atoms with Gasteiger partial charge in [-0.2, -0.15) is 0 Å². The van der Waals surface area contributed by atoms with Gasteiger partial charge in [-0.1, -0.05) is 35.5 Å². The number of hydrogen-bond acceptors (Lipinski definition) is 5. The van der Waals surface area contributed by atoms with Crippen molar-refractivity contribution < 1.29 is 14.1 Å². The number of nitrogens with zero attached hydrogens (tertiary/aromatic N) is 1. The second-order valence-corrected chi connectivity index (χ2v) is 5.93. The molecule has 24 heavy (non-hydrogen) atoms. The molecule has 0 bridgehead atoms. The van der Waals surface area contributed by atoms with E-state index in [0.717, 1.165) is 18.4 Å². The average molecular weight is 328 g/mol. The van der Waals surface area contributed by atoms with Crippen LogP contribution in [-0.4, -0.2) is 36.1 Å². The number of amides is 2. The van der Waals surface area contributed by atoms with Crippen LogP contribution in [0.3, 0.4) is 0 Å². The Morgan fingerprint density at radius 3 is 2.71 bits per heavy atom. The molecule has 1 aliphatic rings. The molecular weight excluding hydrogens is 308 g/mol. The third-order valence-electron chi connectivity index (χ3n) is 3.97. The van der Waals surface area contributed by atoms with Crippen LogP contribution in [-0.2, 0) is 4.79 Å². The topological polar surface area (TPSA) is 110 Å². The summed E-state index contributed by atoms with van der Waals surface area (Å²) in [4.78, 5) is 23.7. The van der Waals surface area contributed by atoms with Crippen LogP contribution in [0.5, 0.6) is 0 Å². The minimum Gasteiger partial charge on any atom is -0.355 e. The van der Waals surface area contributed by atoms with Crippen molar-refractivity contribution >= 4 is 11.8 Å². The van der Waals surface area contributed by atoms with Crippen LogP contribution in [0.2, 0.25) is 0 Å². The van der Waals surface area contributed by atoms with E-state index < -0.39 is 5.91 Å². The van der Waals surface area contributed by atoms with Gasteiger partial charge in [0, 0.05) is 24.2 Å². The fourth-order valence-corrected chi connectivity index (χ4v) is 2.36. The molecule has 1 atom stereocenters. The molecule has 7 heteroatoms. The maximum absolute atomic E-state index is 12.0. The van der Waals surface area contributed by atoms with E-state index in [1.165, 1.54) is 0 Å². The Balaban J connectivity index is 1.46. The summed E-state index contributed by atoms with van der Waals surface area (Å²) in [5.74, 6) is 0.292. The summed E-state index contributed by atoms with van der Waals surface area (Å²) in [6.45, 7) is 0.311. The van der Waals surface area contributed by atoms with Gasteiger partial charge in [0.25, 0.3) is 5.91 Å². The maximum atomic E-state index is 12.0. The molecule has 1 aromatic carbocycles. The van der Waals surface area contributed by atoms with Gasteiger partial charge in [-0.15, -0.1) is 0 Å². The lowest BCUT2D eigenvalue weighted by atomic mass is 10.1. The molecule has 2 aromatic rings. The van der Waals surface area contributed by atoms with Crippen LogP contribution < -0.4 is 16.4 Å². The fourth-order valence-electron chi connectivity index (χ4n) is 2.36. The Bertz CT molecular complexity index is 710. The van der Waals surface area contributed by atoms with Gasteiger partial charge in [0.1, 0.15) is 0 Å². The van der Waals surface area contributed by atoms with Gasteiger partial charge in [0.2, 0.25) is 5.91 Å². The minimum atomic E-state index is -0.456. The molecule has 126 valence electrons. The van der Waals surface area contributed by atoms with Gasteiger partial charge in [-0.25, -0.2) is 0 Å². The predicted molar refractivity (Wildman–Crippen MR) is 88.0 cm³/mol. The first-order valence-corrected chi connectivity index (χ1v) is 7.96. The number of rotatable bonds is 7. The van der Waals surface area contributed by atoms with Gasteiger partial charge in [0.15, 0.2) is 11.5 Å². The molecule has 7 nitrogen and oxygen atoms in total. The molecule has 1 aliphatic carbocycles. The standard InChI is InChI=1S/C17H20N4O3/c18-13(11-6-7-11)9-19-16(22)10-20-17(23)14-8-15(24-21-14)12-4-2-1-3-5-12/h1-5,8,11,13H,6-7,9-10,18H2,(H,19,22)(H,20,23). The molecule has 0 saturated heterocycles.